The number of urea groups is 1. The molecule has 0 radical (unpaired) electrons. The molecule has 2 heterocycles. The smallest absolute Gasteiger partial charge is 0.328 e. The van der Waals surface area contributed by atoms with Gasteiger partial charge in [-0.2, -0.15) is 0 Å². The number of amides is 3. The number of rotatable bonds is 3. The minimum absolute atomic E-state index is 0.0304. The molecule has 1 atom stereocenters. The van der Waals surface area contributed by atoms with Crippen LogP contribution in [-0.4, -0.2) is 47.3 Å². The summed E-state index contributed by atoms with van der Waals surface area (Å²) in [6.45, 7) is 0.267. The Morgan fingerprint density at radius 3 is 2.45 bits per heavy atom. The van der Waals surface area contributed by atoms with E-state index in [0.717, 1.165) is 43.9 Å². The number of aliphatic imine (C=N–C) groups is 1. The Labute approximate surface area is 189 Å². The fourth-order valence-electron chi connectivity index (χ4n) is 5.12. The van der Waals surface area contributed by atoms with Crippen LogP contribution in [0.4, 0.5) is 23.7 Å². The van der Waals surface area contributed by atoms with Gasteiger partial charge in [-0.05, 0) is 43.5 Å². The van der Waals surface area contributed by atoms with Gasteiger partial charge in [-0.3, -0.25) is 20.0 Å². The summed E-state index contributed by atoms with van der Waals surface area (Å²) in [6, 6.07) is 8.10. The van der Waals surface area contributed by atoms with E-state index >= 15 is 0 Å². The number of hydrogen-bond acceptors (Lipinski definition) is 3. The third-order valence-corrected chi connectivity index (χ3v) is 6.68. The lowest BCUT2D eigenvalue weighted by Gasteiger charge is -2.33. The van der Waals surface area contributed by atoms with Crippen LogP contribution in [0, 0.1) is 17.5 Å². The van der Waals surface area contributed by atoms with Crippen LogP contribution in [0.5, 0.6) is 0 Å². The lowest BCUT2D eigenvalue weighted by molar-refractivity contribution is 0.0783. The van der Waals surface area contributed by atoms with E-state index in [1.165, 1.54) is 28.0 Å². The van der Waals surface area contributed by atoms with Gasteiger partial charge < -0.3 is 4.90 Å². The number of benzene rings is 2. The third kappa shape index (κ3) is 3.75. The summed E-state index contributed by atoms with van der Waals surface area (Å²) in [7, 11) is 0. The minimum atomic E-state index is -1.11. The number of amidine groups is 1. The van der Waals surface area contributed by atoms with Gasteiger partial charge in [-0.15, -0.1) is 0 Å². The highest BCUT2D eigenvalue weighted by Crippen LogP contribution is 2.39. The highest BCUT2D eigenvalue weighted by atomic mass is 19.1. The molecule has 3 fully saturated rings. The van der Waals surface area contributed by atoms with Crippen LogP contribution < -0.4 is 10.2 Å². The van der Waals surface area contributed by atoms with E-state index < -0.39 is 34.9 Å². The molecule has 3 aliphatic rings. The number of nitrogens with zero attached hydrogens (tertiary/aromatic N) is 3. The maximum Gasteiger partial charge on any atom is 0.328 e. The van der Waals surface area contributed by atoms with Crippen LogP contribution in [0.1, 0.15) is 42.5 Å². The van der Waals surface area contributed by atoms with Crippen molar-refractivity contribution in [2.75, 3.05) is 18.0 Å². The van der Waals surface area contributed by atoms with Gasteiger partial charge in [-0.25, -0.2) is 18.0 Å². The zero-order valence-electron chi connectivity index (χ0n) is 17.9. The van der Waals surface area contributed by atoms with Crippen molar-refractivity contribution in [1.82, 2.24) is 10.2 Å². The van der Waals surface area contributed by atoms with Gasteiger partial charge >= 0.3 is 6.03 Å². The Bertz CT molecular complexity index is 1130. The molecule has 6 nitrogen and oxygen atoms in total. The fraction of sp³-hybridized carbons (Fsp3) is 0.375. The van der Waals surface area contributed by atoms with Gasteiger partial charge in [0.05, 0.1) is 23.8 Å². The predicted octanol–water partition coefficient (Wildman–Crippen LogP) is 4.26. The SMILES string of the molecule is O=C(c1ccccc1F)N1CCC2(C1)C(=NC1CCCC1)NC(=O)N2c1cc(F)cc(F)c1. The quantitative estimate of drug-likeness (QED) is 0.750. The summed E-state index contributed by atoms with van der Waals surface area (Å²) >= 11 is 0. The molecule has 2 aromatic carbocycles. The minimum Gasteiger partial charge on any atom is -0.336 e. The van der Waals surface area contributed by atoms with E-state index in [2.05, 4.69) is 5.32 Å². The van der Waals surface area contributed by atoms with E-state index in [1.54, 1.807) is 6.07 Å². The van der Waals surface area contributed by atoms with Crippen molar-refractivity contribution in [3.63, 3.8) is 0 Å². The lowest BCUT2D eigenvalue weighted by Crippen LogP contribution is -2.53. The van der Waals surface area contributed by atoms with Crippen molar-refractivity contribution in [3.8, 4) is 0 Å². The molecule has 0 aromatic heterocycles. The average Bonchev–Trinajstić information content (AvgIpc) is 3.49. The molecule has 1 unspecified atom stereocenters. The zero-order chi connectivity index (χ0) is 23.2. The summed E-state index contributed by atoms with van der Waals surface area (Å²) in [5, 5.41) is 2.79. The summed E-state index contributed by atoms with van der Waals surface area (Å²) in [5.41, 5.74) is -1.13. The van der Waals surface area contributed by atoms with E-state index in [1.807, 2.05) is 0 Å². The second-order valence-electron chi connectivity index (χ2n) is 8.80. The molecule has 172 valence electrons. The molecular formula is C24H23F3N4O2. The molecule has 2 aliphatic heterocycles. The monoisotopic (exact) mass is 456 g/mol. The highest BCUT2D eigenvalue weighted by molar-refractivity contribution is 6.19. The van der Waals surface area contributed by atoms with E-state index in [0.29, 0.717) is 12.3 Å². The Morgan fingerprint density at radius 2 is 1.76 bits per heavy atom. The Morgan fingerprint density at radius 1 is 1.06 bits per heavy atom. The van der Waals surface area contributed by atoms with Crippen molar-refractivity contribution in [2.24, 2.45) is 4.99 Å². The number of nitrogens with one attached hydrogen (secondary N) is 1. The number of hydrogen-bond donors (Lipinski definition) is 1. The fourth-order valence-corrected chi connectivity index (χ4v) is 5.12. The molecular weight excluding hydrogens is 433 g/mol. The summed E-state index contributed by atoms with van der Waals surface area (Å²) in [5.74, 6) is -2.37. The molecule has 33 heavy (non-hydrogen) atoms. The zero-order valence-corrected chi connectivity index (χ0v) is 17.9. The lowest BCUT2D eigenvalue weighted by atomic mass is 9.95. The molecule has 5 rings (SSSR count). The largest absolute Gasteiger partial charge is 0.336 e. The standard InChI is InChI=1S/C24H23F3N4O2/c25-15-11-16(26)13-18(12-15)31-23(33)29-22(28-17-5-1-2-6-17)24(31)9-10-30(14-24)21(32)19-7-3-4-8-20(19)27/h3-4,7-8,11-13,17H,1-2,5-6,9-10,14H2,(H,28,29,33). The van der Waals surface area contributed by atoms with Crippen LogP contribution in [0.15, 0.2) is 47.5 Å². The van der Waals surface area contributed by atoms with Crippen LogP contribution in [-0.2, 0) is 0 Å². The first-order valence-electron chi connectivity index (χ1n) is 11.1. The van der Waals surface area contributed by atoms with Crippen molar-refractivity contribution in [2.45, 2.75) is 43.7 Å². The van der Waals surface area contributed by atoms with E-state index in [9.17, 15) is 22.8 Å². The number of halogens is 3. The molecule has 1 saturated carbocycles. The van der Waals surface area contributed by atoms with Gasteiger partial charge in [0.2, 0.25) is 0 Å². The number of carbonyl (C=O) groups is 2. The number of likely N-dealkylation sites (tertiary alicyclic amines) is 1. The Hall–Kier alpha value is -3.36. The van der Waals surface area contributed by atoms with Gasteiger partial charge in [-0.1, -0.05) is 25.0 Å². The predicted molar refractivity (Wildman–Crippen MR) is 117 cm³/mol. The molecule has 3 amide bonds. The van der Waals surface area contributed by atoms with Crippen molar-refractivity contribution in [3.05, 3.63) is 65.5 Å². The number of carbonyl (C=O) groups excluding carboxylic acids is 2. The first-order chi connectivity index (χ1) is 15.9. The highest BCUT2D eigenvalue weighted by Gasteiger charge is 2.56. The Balaban J connectivity index is 1.55. The van der Waals surface area contributed by atoms with Crippen LogP contribution in [0.25, 0.3) is 0 Å². The molecule has 2 saturated heterocycles. The summed E-state index contributed by atoms with van der Waals surface area (Å²) in [6.07, 6.45) is 4.16. The molecule has 2 aromatic rings. The van der Waals surface area contributed by atoms with Gasteiger partial charge in [0, 0.05) is 12.6 Å². The molecule has 1 spiro atoms. The normalized spacial score (nSPS) is 24.3. The average molecular weight is 456 g/mol. The van der Waals surface area contributed by atoms with Crippen molar-refractivity contribution >= 4 is 23.5 Å². The molecule has 9 heteroatoms. The van der Waals surface area contributed by atoms with Crippen molar-refractivity contribution in [1.29, 1.82) is 0 Å². The first kappa shape index (κ1) is 21.5. The second-order valence-corrected chi connectivity index (χ2v) is 8.80. The maximum absolute atomic E-state index is 14.3. The van der Waals surface area contributed by atoms with Gasteiger partial charge in [0.1, 0.15) is 28.8 Å². The van der Waals surface area contributed by atoms with E-state index in [4.69, 9.17) is 4.99 Å². The molecule has 1 N–H and O–H groups in total. The summed E-state index contributed by atoms with van der Waals surface area (Å²) in [4.78, 5) is 33.7. The number of anilines is 1. The van der Waals surface area contributed by atoms with Crippen LogP contribution in [0.2, 0.25) is 0 Å². The van der Waals surface area contributed by atoms with Crippen LogP contribution in [0.3, 0.4) is 0 Å². The maximum atomic E-state index is 14.3. The second kappa shape index (κ2) is 8.20. The van der Waals surface area contributed by atoms with E-state index in [-0.39, 0.29) is 30.4 Å². The molecule has 0 bridgehead atoms. The third-order valence-electron chi connectivity index (χ3n) is 6.68. The Kier molecular flexibility index (Phi) is 5.34. The van der Waals surface area contributed by atoms with Gasteiger partial charge in [0.25, 0.3) is 5.91 Å². The first-order valence-corrected chi connectivity index (χ1v) is 11.1. The molecule has 1 aliphatic carbocycles. The van der Waals surface area contributed by atoms with Crippen LogP contribution >= 0.6 is 0 Å². The van der Waals surface area contributed by atoms with Crippen molar-refractivity contribution < 1.29 is 22.8 Å². The van der Waals surface area contributed by atoms with Gasteiger partial charge in [0.15, 0.2) is 0 Å². The topological polar surface area (TPSA) is 65.0 Å². The summed E-state index contributed by atoms with van der Waals surface area (Å²) < 4.78 is 42.4.